The summed E-state index contributed by atoms with van der Waals surface area (Å²) >= 11 is 5.72. The van der Waals surface area contributed by atoms with Gasteiger partial charge in [-0.1, -0.05) is 11.6 Å². The molecule has 4 heteroatoms. The smallest absolute Gasteiger partial charge is 0.154 e. The van der Waals surface area contributed by atoms with Gasteiger partial charge in [0.1, 0.15) is 11.0 Å². The summed E-state index contributed by atoms with van der Waals surface area (Å²) in [5, 5.41) is 0.266. The van der Waals surface area contributed by atoms with Crippen molar-refractivity contribution in [2.75, 3.05) is 0 Å². The van der Waals surface area contributed by atoms with Crippen molar-refractivity contribution in [2.24, 2.45) is 0 Å². The van der Waals surface area contributed by atoms with Crippen LogP contribution < -0.4 is 0 Å². The van der Waals surface area contributed by atoms with Gasteiger partial charge in [0.05, 0.1) is 5.56 Å². The standard InChI is InChI=1S/C8H7ClN2O/c9-7-6(4-12)3-10-8(11-7)5-1-2-5/h3-5H,1-2H2. The van der Waals surface area contributed by atoms with Crippen LogP contribution in [0.4, 0.5) is 0 Å². The highest BCUT2D eigenvalue weighted by Crippen LogP contribution is 2.38. The third kappa shape index (κ3) is 1.32. The molecule has 1 aliphatic rings. The lowest BCUT2D eigenvalue weighted by Crippen LogP contribution is -1.95. The molecular weight excluding hydrogens is 176 g/mol. The van der Waals surface area contributed by atoms with Gasteiger partial charge < -0.3 is 0 Å². The van der Waals surface area contributed by atoms with Crippen molar-refractivity contribution in [3.8, 4) is 0 Å². The molecule has 0 aromatic carbocycles. The molecule has 62 valence electrons. The molecule has 0 amide bonds. The predicted octanol–water partition coefficient (Wildman–Crippen LogP) is 1.82. The molecule has 2 rings (SSSR count). The normalized spacial score (nSPS) is 16.1. The Bertz CT molecular complexity index is 323. The van der Waals surface area contributed by atoms with Gasteiger partial charge in [0.25, 0.3) is 0 Å². The van der Waals surface area contributed by atoms with Crippen molar-refractivity contribution >= 4 is 17.9 Å². The number of rotatable bonds is 2. The van der Waals surface area contributed by atoms with Crippen LogP contribution in [-0.2, 0) is 0 Å². The van der Waals surface area contributed by atoms with Crippen LogP contribution in [0.5, 0.6) is 0 Å². The van der Waals surface area contributed by atoms with E-state index in [4.69, 9.17) is 11.6 Å². The van der Waals surface area contributed by atoms with Gasteiger partial charge in [-0.15, -0.1) is 0 Å². The fourth-order valence-corrected chi connectivity index (χ4v) is 1.18. The quantitative estimate of drug-likeness (QED) is 0.518. The predicted molar refractivity (Wildman–Crippen MR) is 44.4 cm³/mol. The van der Waals surface area contributed by atoms with Crippen molar-refractivity contribution in [3.63, 3.8) is 0 Å². The molecule has 1 fully saturated rings. The van der Waals surface area contributed by atoms with E-state index < -0.39 is 0 Å². The first-order valence-corrected chi connectivity index (χ1v) is 4.16. The Morgan fingerprint density at radius 1 is 1.58 bits per heavy atom. The number of carbonyl (C=O) groups is 1. The lowest BCUT2D eigenvalue weighted by molar-refractivity contribution is 0.112. The molecule has 12 heavy (non-hydrogen) atoms. The van der Waals surface area contributed by atoms with Gasteiger partial charge in [0.2, 0.25) is 0 Å². The van der Waals surface area contributed by atoms with Crippen molar-refractivity contribution in [2.45, 2.75) is 18.8 Å². The maximum atomic E-state index is 10.4. The van der Waals surface area contributed by atoms with E-state index in [0.29, 0.717) is 17.8 Å². The summed E-state index contributed by atoms with van der Waals surface area (Å²) in [6.45, 7) is 0. The van der Waals surface area contributed by atoms with Crippen molar-refractivity contribution in [3.05, 3.63) is 22.7 Å². The van der Waals surface area contributed by atoms with Crippen LogP contribution in [0.3, 0.4) is 0 Å². The van der Waals surface area contributed by atoms with Crippen LogP contribution in [0, 0.1) is 0 Å². The number of aldehydes is 1. The second-order valence-electron chi connectivity index (χ2n) is 2.87. The molecule has 1 heterocycles. The summed E-state index contributed by atoms with van der Waals surface area (Å²) in [4.78, 5) is 18.4. The minimum atomic E-state index is 0.266. The summed E-state index contributed by atoms with van der Waals surface area (Å²) in [5.74, 6) is 1.24. The van der Waals surface area contributed by atoms with Gasteiger partial charge in [-0.3, -0.25) is 4.79 Å². The van der Waals surface area contributed by atoms with E-state index in [-0.39, 0.29) is 5.15 Å². The molecule has 0 spiro atoms. The van der Waals surface area contributed by atoms with Crippen LogP contribution in [0.15, 0.2) is 6.20 Å². The first-order valence-electron chi connectivity index (χ1n) is 3.79. The van der Waals surface area contributed by atoms with E-state index in [1.54, 1.807) is 0 Å². The van der Waals surface area contributed by atoms with E-state index >= 15 is 0 Å². The average Bonchev–Trinajstić information content (AvgIpc) is 2.86. The number of hydrogen-bond donors (Lipinski definition) is 0. The third-order valence-corrected chi connectivity index (χ3v) is 2.16. The summed E-state index contributed by atoms with van der Waals surface area (Å²) in [6, 6.07) is 0. The minimum Gasteiger partial charge on any atom is -0.298 e. The first kappa shape index (κ1) is 7.68. The van der Waals surface area contributed by atoms with Crippen LogP contribution in [0.1, 0.15) is 34.9 Å². The number of carbonyl (C=O) groups excluding carboxylic acids is 1. The molecule has 1 aliphatic carbocycles. The third-order valence-electron chi connectivity index (χ3n) is 1.86. The Hall–Kier alpha value is -0.960. The molecule has 0 bridgehead atoms. The molecule has 0 atom stereocenters. The molecule has 0 saturated heterocycles. The molecular formula is C8H7ClN2O. The van der Waals surface area contributed by atoms with E-state index in [0.717, 1.165) is 18.7 Å². The SMILES string of the molecule is O=Cc1cnc(C2CC2)nc1Cl. The van der Waals surface area contributed by atoms with Gasteiger partial charge in [-0.2, -0.15) is 0 Å². The Morgan fingerprint density at radius 3 is 2.83 bits per heavy atom. The lowest BCUT2D eigenvalue weighted by Gasteiger charge is -1.97. The summed E-state index contributed by atoms with van der Waals surface area (Å²) in [7, 11) is 0. The van der Waals surface area contributed by atoms with Crippen LogP contribution in [0.25, 0.3) is 0 Å². The van der Waals surface area contributed by atoms with Gasteiger partial charge in [0, 0.05) is 12.1 Å². The zero-order chi connectivity index (χ0) is 8.55. The van der Waals surface area contributed by atoms with Crippen molar-refractivity contribution in [1.29, 1.82) is 0 Å². The maximum Gasteiger partial charge on any atom is 0.154 e. The van der Waals surface area contributed by atoms with E-state index in [9.17, 15) is 4.79 Å². The largest absolute Gasteiger partial charge is 0.298 e. The number of hydrogen-bond acceptors (Lipinski definition) is 3. The summed E-state index contributed by atoms with van der Waals surface area (Å²) in [5.41, 5.74) is 0.362. The Morgan fingerprint density at radius 2 is 2.33 bits per heavy atom. The highest BCUT2D eigenvalue weighted by Gasteiger charge is 2.26. The Labute approximate surface area is 74.8 Å². The second kappa shape index (κ2) is 2.83. The Kier molecular flexibility index (Phi) is 1.81. The fraction of sp³-hybridized carbons (Fsp3) is 0.375. The van der Waals surface area contributed by atoms with Gasteiger partial charge in [0.15, 0.2) is 6.29 Å². The van der Waals surface area contributed by atoms with E-state index in [1.165, 1.54) is 6.20 Å². The molecule has 1 saturated carbocycles. The van der Waals surface area contributed by atoms with Crippen LogP contribution in [0.2, 0.25) is 5.15 Å². The molecule has 3 nitrogen and oxygen atoms in total. The minimum absolute atomic E-state index is 0.266. The van der Waals surface area contributed by atoms with Crippen LogP contribution >= 0.6 is 11.6 Å². The summed E-state index contributed by atoms with van der Waals surface area (Å²) < 4.78 is 0. The van der Waals surface area contributed by atoms with Gasteiger partial charge >= 0.3 is 0 Å². The molecule has 0 N–H and O–H groups in total. The molecule has 0 unspecified atom stereocenters. The molecule has 1 aromatic heterocycles. The number of aromatic nitrogens is 2. The van der Waals surface area contributed by atoms with E-state index in [1.807, 2.05) is 0 Å². The zero-order valence-corrected chi connectivity index (χ0v) is 7.08. The number of halogens is 1. The topological polar surface area (TPSA) is 42.9 Å². The van der Waals surface area contributed by atoms with Gasteiger partial charge in [-0.05, 0) is 12.8 Å². The van der Waals surface area contributed by atoms with Gasteiger partial charge in [-0.25, -0.2) is 9.97 Å². The summed E-state index contributed by atoms with van der Waals surface area (Å²) in [6.07, 6.45) is 4.42. The Balaban J connectivity index is 2.36. The number of nitrogens with zero attached hydrogens (tertiary/aromatic N) is 2. The van der Waals surface area contributed by atoms with E-state index in [2.05, 4.69) is 9.97 Å². The second-order valence-corrected chi connectivity index (χ2v) is 3.22. The maximum absolute atomic E-state index is 10.4. The highest BCUT2D eigenvalue weighted by atomic mass is 35.5. The highest BCUT2D eigenvalue weighted by molar-refractivity contribution is 6.31. The average molecular weight is 183 g/mol. The monoisotopic (exact) mass is 182 g/mol. The lowest BCUT2D eigenvalue weighted by atomic mass is 10.3. The molecule has 0 aliphatic heterocycles. The van der Waals surface area contributed by atoms with Crippen LogP contribution in [-0.4, -0.2) is 16.3 Å². The molecule has 1 aromatic rings. The van der Waals surface area contributed by atoms with Crippen molar-refractivity contribution in [1.82, 2.24) is 9.97 Å². The first-order chi connectivity index (χ1) is 5.81. The van der Waals surface area contributed by atoms with Crippen molar-refractivity contribution < 1.29 is 4.79 Å². The fourth-order valence-electron chi connectivity index (χ4n) is 1.00. The molecule has 0 radical (unpaired) electrons. The zero-order valence-electron chi connectivity index (χ0n) is 6.33.